The largest absolute Gasteiger partial charge is 0.370 e. The van der Waals surface area contributed by atoms with Gasteiger partial charge < -0.3 is 10.6 Å². The van der Waals surface area contributed by atoms with Crippen molar-refractivity contribution in [2.75, 3.05) is 17.2 Å². The van der Waals surface area contributed by atoms with Crippen LogP contribution in [0.3, 0.4) is 0 Å². The number of hydrogen-bond acceptors (Lipinski definition) is 4. The molecule has 1 heterocycles. The molecule has 0 aliphatic carbocycles. The van der Waals surface area contributed by atoms with Crippen LogP contribution in [0.2, 0.25) is 0 Å². The highest BCUT2D eigenvalue weighted by Gasteiger charge is 2.06. The van der Waals surface area contributed by atoms with Crippen molar-refractivity contribution in [3.8, 4) is 0 Å². The number of aromatic nitrogens is 2. The van der Waals surface area contributed by atoms with E-state index in [0.717, 1.165) is 12.5 Å². The van der Waals surface area contributed by atoms with Gasteiger partial charge in [0.05, 0.1) is 5.69 Å². The maximum atomic E-state index is 13.7. The van der Waals surface area contributed by atoms with Gasteiger partial charge in [-0.3, -0.25) is 0 Å². The summed E-state index contributed by atoms with van der Waals surface area (Å²) in [5, 5.41) is 5.94. The standard InChI is InChI=1S/C18H16F2N4/c19-14-6-7-16(15(20)12-14)23-18-22-11-9-17(24-18)21-10-8-13-4-2-1-3-5-13/h1-7,9,11-12H,8,10H2,(H2,21,22,23,24). The Kier molecular flexibility index (Phi) is 4.96. The van der Waals surface area contributed by atoms with Crippen molar-refractivity contribution in [1.29, 1.82) is 0 Å². The fourth-order valence-corrected chi connectivity index (χ4v) is 2.21. The molecule has 0 saturated heterocycles. The molecule has 0 aliphatic rings. The third kappa shape index (κ3) is 4.25. The molecule has 2 N–H and O–H groups in total. The van der Waals surface area contributed by atoms with Crippen molar-refractivity contribution in [2.24, 2.45) is 0 Å². The van der Waals surface area contributed by atoms with E-state index in [-0.39, 0.29) is 11.6 Å². The van der Waals surface area contributed by atoms with Crippen LogP contribution in [0.15, 0.2) is 60.8 Å². The molecule has 0 spiro atoms. The zero-order chi connectivity index (χ0) is 16.8. The van der Waals surface area contributed by atoms with Gasteiger partial charge in [-0.1, -0.05) is 30.3 Å². The highest BCUT2D eigenvalue weighted by Crippen LogP contribution is 2.19. The lowest BCUT2D eigenvalue weighted by Gasteiger charge is -2.09. The quantitative estimate of drug-likeness (QED) is 0.714. The van der Waals surface area contributed by atoms with Gasteiger partial charge in [0.15, 0.2) is 0 Å². The Morgan fingerprint density at radius 2 is 1.79 bits per heavy atom. The summed E-state index contributed by atoms with van der Waals surface area (Å²) in [6, 6.07) is 15.1. The normalized spacial score (nSPS) is 10.4. The molecule has 4 nitrogen and oxygen atoms in total. The number of benzene rings is 2. The van der Waals surface area contributed by atoms with Crippen LogP contribution in [0.25, 0.3) is 0 Å². The zero-order valence-corrected chi connectivity index (χ0v) is 12.8. The van der Waals surface area contributed by atoms with Crippen LogP contribution in [0, 0.1) is 11.6 Å². The number of anilines is 3. The van der Waals surface area contributed by atoms with E-state index in [1.54, 1.807) is 12.3 Å². The molecule has 122 valence electrons. The summed E-state index contributed by atoms with van der Waals surface area (Å²) in [5.74, 6) is -0.451. The van der Waals surface area contributed by atoms with Crippen molar-refractivity contribution in [3.63, 3.8) is 0 Å². The monoisotopic (exact) mass is 326 g/mol. The highest BCUT2D eigenvalue weighted by atomic mass is 19.1. The first-order chi connectivity index (χ1) is 11.7. The maximum absolute atomic E-state index is 13.7. The summed E-state index contributed by atoms with van der Waals surface area (Å²) in [4.78, 5) is 8.31. The predicted molar refractivity (Wildman–Crippen MR) is 90.3 cm³/mol. The topological polar surface area (TPSA) is 49.8 Å². The van der Waals surface area contributed by atoms with Gasteiger partial charge in [0.2, 0.25) is 5.95 Å². The van der Waals surface area contributed by atoms with Gasteiger partial charge in [0.25, 0.3) is 0 Å². The number of nitrogens with one attached hydrogen (secondary N) is 2. The number of rotatable bonds is 6. The Labute approximate surface area is 138 Å². The average molecular weight is 326 g/mol. The van der Waals surface area contributed by atoms with Gasteiger partial charge in [-0.25, -0.2) is 13.8 Å². The van der Waals surface area contributed by atoms with Crippen LogP contribution < -0.4 is 10.6 Å². The predicted octanol–water partition coefficient (Wildman–Crippen LogP) is 4.15. The molecular weight excluding hydrogens is 310 g/mol. The molecule has 0 amide bonds. The second-order valence-electron chi connectivity index (χ2n) is 5.18. The molecule has 0 radical (unpaired) electrons. The van der Waals surface area contributed by atoms with E-state index in [4.69, 9.17) is 0 Å². The summed E-state index contributed by atoms with van der Waals surface area (Å²) in [7, 11) is 0. The zero-order valence-electron chi connectivity index (χ0n) is 12.8. The van der Waals surface area contributed by atoms with E-state index in [9.17, 15) is 8.78 Å². The van der Waals surface area contributed by atoms with Crippen LogP contribution in [-0.4, -0.2) is 16.5 Å². The summed E-state index contributed by atoms with van der Waals surface area (Å²) < 4.78 is 26.6. The van der Waals surface area contributed by atoms with Crippen molar-refractivity contribution >= 4 is 17.5 Å². The molecule has 0 atom stereocenters. The molecule has 0 unspecified atom stereocenters. The molecule has 3 rings (SSSR count). The second-order valence-corrected chi connectivity index (χ2v) is 5.18. The molecule has 24 heavy (non-hydrogen) atoms. The first-order valence-corrected chi connectivity index (χ1v) is 7.53. The third-order valence-electron chi connectivity index (χ3n) is 3.40. The van der Waals surface area contributed by atoms with Crippen LogP contribution in [-0.2, 0) is 6.42 Å². The van der Waals surface area contributed by atoms with Crippen molar-refractivity contribution in [1.82, 2.24) is 9.97 Å². The molecule has 0 saturated carbocycles. The van der Waals surface area contributed by atoms with Gasteiger partial charge in [-0.2, -0.15) is 4.98 Å². The number of nitrogens with zero attached hydrogens (tertiary/aromatic N) is 2. The Hall–Kier alpha value is -3.02. The van der Waals surface area contributed by atoms with E-state index in [1.807, 2.05) is 18.2 Å². The summed E-state index contributed by atoms with van der Waals surface area (Å²) in [6.07, 6.45) is 2.43. The Balaban J connectivity index is 1.61. The molecule has 0 bridgehead atoms. The molecule has 6 heteroatoms. The Bertz CT molecular complexity index is 809. The van der Waals surface area contributed by atoms with Crippen molar-refractivity contribution in [2.45, 2.75) is 6.42 Å². The first-order valence-electron chi connectivity index (χ1n) is 7.53. The summed E-state index contributed by atoms with van der Waals surface area (Å²) in [5.41, 5.74) is 1.35. The van der Waals surface area contributed by atoms with Gasteiger partial charge in [-0.15, -0.1) is 0 Å². The smallest absolute Gasteiger partial charge is 0.229 e. The summed E-state index contributed by atoms with van der Waals surface area (Å²) in [6.45, 7) is 0.714. The SMILES string of the molecule is Fc1ccc(Nc2nccc(NCCc3ccccc3)n2)c(F)c1. The van der Waals surface area contributed by atoms with Gasteiger partial charge >= 0.3 is 0 Å². The van der Waals surface area contributed by atoms with E-state index < -0.39 is 11.6 Å². The Morgan fingerprint density at radius 3 is 2.58 bits per heavy atom. The van der Waals surface area contributed by atoms with Crippen LogP contribution in [0.1, 0.15) is 5.56 Å². The number of halogens is 2. The van der Waals surface area contributed by atoms with E-state index >= 15 is 0 Å². The van der Waals surface area contributed by atoms with Crippen LogP contribution >= 0.6 is 0 Å². The molecular formula is C18H16F2N4. The lowest BCUT2D eigenvalue weighted by atomic mass is 10.1. The van der Waals surface area contributed by atoms with Gasteiger partial charge in [-0.05, 0) is 30.2 Å². The van der Waals surface area contributed by atoms with E-state index in [2.05, 4.69) is 32.7 Å². The van der Waals surface area contributed by atoms with Crippen molar-refractivity contribution in [3.05, 3.63) is 78.0 Å². The molecule has 3 aromatic rings. The Morgan fingerprint density at radius 1 is 0.958 bits per heavy atom. The van der Waals surface area contributed by atoms with Gasteiger partial charge in [0.1, 0.15) is 17.5 Å². The molecule has 2 aromatic carbocycles. The minimum absolute atomic E-state index is 0.123. The maximum Gasteiger partial charge on any atom is 0.229 e. The van der Waals surface area contributed by atoms with Gasteiger partial charge in [0, 0.05) is 18.8 Å². The second kappa shape index (κ2) is 7.50. The number of hydrogen-bond donors (Lipinski definition) is 2. The minimum atomic E-state index is -0.693. The first kappa shape index (κ1) is 15.9. The van der Waals surface area contributed by atoms with Crippen LogP contribution in [0.5, 0.6) is 0 Å². The fraction of sp³-hybridized carbons (Fsp3) is 0.111. The summed E-state index contributed by atoms with van der Waals surface area (Å²) >= 11 is 0. The highest BCUT2D eigenvalue weighted by molar-refractivity contribution is 5.55. The van der Waals surface area contributed by atoms with E-state index in [0.29, 0.717) is 12.4 Å². The van der Waals surface area contributed by atoms with Crippen molar-refractivity contribution < 1.29 is 8.78 Å². The third-order valence-corrected chi connectivity index (χ3v) is 3.40. The molecule has 0 aliphatic heterocycles. The molecule has 0 fully saturated rings. The average Bonchev–Trinajstić information content (AvgIpc) is 2.59. The minimum Gasteiger partial charge on any atom is -0.370 e. The lowest BCUT2D eigenvalue weighted by Crippen LogP contribution is -2.08. The van der Waals surface area contributed by atoms with Crippen LogP contribution in [0.4, 0.5) is 26.2 Å². The fourth-order valence-electron chi connectivity index (χ4n) is 2.21. The molecule has 1 aromatic heterocycles. The van der Waals surface area contributed by atoms with E-state index in [1.165, 1.54) is 17.7 Å². The lowest BCUT2D eigenvalue weighted by molar-refractivity contribution is 0.586.